The number of phenolic OH excluding ortho intramolecular Hbond substituents is 1. The molecule has 84 valence electrons. The van der Waals surface area contributed by atoms with Gasteiger partial charge in [0.05, 0.1) is 18.7 Å². The van der Waals surface area contributed by atoms with E-state index in [0.717, 1.165) is 12.8 Å². The van der Waals surface area contributed by atoms with Crippen LogP contribution in [0.4, 0.5) is 0 Å². The van der Waals surface area contributed by atoms with E-state index in [1.54, 1.807) is 6.07 Å². The second kappa shape index (κ2) is 4.03. The normalized spacial score (nSPS) is 16.6. The number of phenols is 1. The van der Waals surface area contributed by atoms with Gasteiger partial charge in [-0.25, -0.2) is 0 Å². The topological polar surface area (TPSA) is 79.3 Å². The van der Waals surface area contributed by atoms with Gasteiger partial charge < -0.3 is 15.6 Å². The number of hydrogen-bond donors (Lipinski definition) is 2. The van der Waals surface area contributed by atoms with E-state index in [1.807, 2.05) is 6.07 Å². The van der Waals surface area contributed by atoms with E-state index >= 15 is 0 Å². The smallest absolute Gasteiger partial charge is 0.162 e. The van der Waals surface area contributed by atoms with Gasteiger partial charge in [-0.2, -0.15) is 5.26 Å². The van der Waals surface area contributed by atoms with Crippen LogP contribution in [0.2, 0.25) is 0 Å². The van der Waals surface area contributed by atoms with Crippen molar-refractivity contribution in [2.45, 2.75) is 18.9 Å². The number of hydrogen-bond acceptors (Lipinski definition) is 4. The lowest BCUT2D eigenvalue weighted by atomic mass is 9.99. The molecule has 1 atom stereocenters. The van der Waals surface area contributed by atoms with Crippen LogP contribution in [0.1, 0.15) is 30.0 Å². The van der Waals surface area contributed by atoms with Gasteiger partial charge in [0.2, 0.25) is 0 Å². The average molecular weight is 218 g/mol. The largest absolute Gasteiger partial charge is 0.504 e. The summed E-state index contributed by atoms with van der Waals surface area (Å²) in [6.07, 6.45) is 2.17. The summed E-state index contributed by atoms with van der Waals surface area (Å²) in [5.41, 5.74) is 7.09. The monoisotopic (exact) mass is 218 g/mol. The Morgan fingerprint density at radius 1 is 1.56 bits per heavy atom. The molecule has 1 aromatic carbocycles. The lowest BCUT2D eigenvalue weighted by Crippen LogP contribution is -2.13. The maximum atomic E-state index is 9.94. The fourth-order valence-corrected chi connectivity index (χ4v) is 1.81. The van der Waals surface area contributed by atoms with Crippen LogP contribution in [0.25, 0.3) is 0 Å². The van der Waals surface area contributed by atoms with Crippen molar-refractivity contribution in [2.24, 2.45) is 11.7 Å². The Hall–Kier alpha value is -1.73. The van der Waals surface area contributed by atoms with E-state index < -0.39 is 0 Å². The van der Waals surface area contributed by atoms with Crippen molar-refractivity contribution < 1.29 is 9.84 Å². The fraction of sp³-hybridized carbons (Fsp3) is 0.417. The van der Waals surface area contributed by atoms with Crippen LogP contribution in [-0.4, -0.2) is 12.2 Å². The Balaban J connectivity index is 2.45. The Morgan fingerprint density at radius 3 is 2.75 bits per heavy atom. The minimum atomic E-state index is -0.206. The predicted octanol–water partition coefficient (Wildman–Crippen LogP) is 1.68. The van der Waals surface area contributed by atoms with Crippen molar-refractivity contribution in [3.05, 3.63) is 23.3 Å². The molecule has 4 nitrogen and oxygen atoms in total. The van der Waals surface area contributed by atoms with E-state index in [2.05, 4.69) is 0 Å². The molecule has 16 heavy (non-hydrogen) atoms. The second-order valence-electron chi connectivity index (χ2n) is 4.09. The molecule has 2 rings (SSSR count). The number of aromatic hydroxyl groups is 1. The first-order chi connectivity index (χ1) is 7.67. The summed E-state index contributed by atoms with van der Waals surface area (Å²) in [7, 11) is 1.46. The fourth-order valence-electron chi connectivity index (χ4n) is 1.81. The van der Waals surface area contributed by atoms with Gasteiger partial charge in [-0.15, -0.1) is 0 Å². The molecular weight excluding hydrogens is 204 g/mol. The van der Waals surface area contributed by atoms with Crippen LogP contribution >= 0.6 is 0 Å². The molecule has 1 aromatic rings. The maximum Gasteiger partial charge on any atom is 0.162 e. The lowest BCUT2D eigenvalue weighted by Gasteiger charge is -2.15. The number of nitriles is 1. The molecule has 1 saturated carbocycles. The number of rotatable bonds is 3. The van der Waals surface area contributed by atoms with Crippen LogP contribution in [0.15, 0.2) is 12.1 Å². The average Bonchev–Trinajstić information content (AvgIpc) is 3.12. The zero-order valence-electron chi connectivity index (χ0n) is 9.10. The summed E-state index contributed by atoms with van der Waals surface area (Å²) in [5, 5.41) is 18.8. The molecule has 0 aliphatic heterocycles. The molecule has 0 unspecified atom stereocenters. The number of nitrogens with two attached hydrogens (primary N) is 1. The Labute approximate surface area is 94.3 Å². The zero-order chi connectivity index (χ0) is 11.7. The lowest BCUT2D eigenvalue weighted by molar-refractivity contribution is 0.367. The van der Waals surface area contributed by atoms with Crippen molar-refractivity contribution in [2.75, 3.05) is 7.11 Å². The number of ether oxygens (including phenoxy) is 1. The zero-order valence-corrected chi connectivity index (χ0v) is 9.10. The SMILES string of the molecule is COc1cc(C#N)cc([C@H](N)C2CC2)c1O. The first-order valence-electron chi connectivity index (χ1n) is 5.24. The van der Waals surface area contributed by atoms with Crippen LogP contribution in [0, 0.1) is 17.2 Å². The minimum absolute atomic E-state index is 0.0564. The molecular formula is C12H14N2O2. The van der Waals surface area contributed by atoms with Crippen LogP contribution in [0.3, 0.4) is 0 Å². The van der Waals surface area contributed by atoms with E-state index in [1.165, 1.54) is 13.2 Å². The molecule has 0 bridgehead atoms. The summed E-state index contributed by atoms with van der Waals surface area (Å²) in [5.74, 6) is 0.788. The Bertz CT molecular complexity index is 447. The standard InChI is InChI=1S/C12H14N2O2/c1-16-10-5-7(6-13)4-9(12(10)15)11(14)8-2-3-8/h4-5,8,11,15H,2-3,14H2,1H3/t11-/m1/s1. The molecule has 1 fully saturated rings. The molecule has 0 heterocycles. The van der Waals surface area contributed by atoms with Crippen LogP contribution in [-0.2, 0) is 0 Å². The molecule has 0 spiro atoms. The van der Waals surface area contributed by atoms with Crippen molar-refractivity contribution in [3.63, 3.8) is 0 Å². The molecule has 1 aliphatic rings. The highest BCUT2D eigenvalue weighted by atomic mass is 16.5. The number of nitrogens with zero attached hydrogens (tertiary/aromatic N) is 1. The highest BCUT2D eigenvalue weighted by Gasteiger charge is 2.32. The maximum absolute atomic E-state index is 9.94. The molecule has 1 aliphatic carbocycles. The highest BCUT2D eigenvalue weighted by Crippen LogP contribution is 2.44. The van der Waals surface area contributed by atoms with E-state index in [9.17, 15) is 5.11 Å². The third-order valence-electron chi connectivity index (χ3n) is 2.94. The quantitative estimate of drug-likeness (QED) is 0.809. The van der Waals surface area contributed by atoms with Crippen molar-refractivity contribution in [3.8, 4) is 17.6 Å². The highest BCUT2D eigenvalue weighted by molar-refractivity contribution is 5.53. The molecule has 4 heteroatoms. The first-order valence-corrected chi connectivity index (χ1v) is 5.24. The van der Waals surface area contributed by atoms with Gasteiger partial charge in [-0.3, -0.25) is 0 Å². The van der Waals surface area contributed by atoms with Gasteiger partial charge in [0.15, 0.2) is 11.5 Å². The summed E-state index contributed by atoms with van der Waals surface area (Å²) in [6.45, 7) is 0. The summed E-state index contributed by atoms with van der Waals surface area (Å²) < 4.78 is 5.02. The van der Waals surface area contributed by atoms with E-state index in [0.29, 0.717) is 22.8 Å². The van der Waals surface area contributed by atoms with Gasteiger partial charge in [0.25, 0.3) is 0 Å². The second-order valence-corrected chi connectivity index (χ2v) is 4.09. The third-order valence-corrected chi connectivity index (χ3v) is 2.94. The molecule has 3 N–H and O–H groups in total. The van der Waals surface area contributed by atoms with Gasteiger partial charge in [-0.1, -0.05) is 0 Å². The summed E-state index contributed by atoms with van der Waals surface area (Å²) in [4.78, 5) is 0. The van der Waals surface area contributed by atoms with E-state index in [-0.39, 0.29) is 11.8 Å². The Morgan fingerprint density at radius 2 is 2.25 bits per heavy atom. The molecule has 0 aromatic heterocycles. The third kappa shape index (κ3) is 1.82. The van der Waals surface area contributed by atoms with Gasteiger partial charge >= 0.3 is 0 Å². The molecule has 0 amide bonds. The van der Waals surface area contributed by atoms with Gasteiger partial charge in [0.1, 0.15) is 0 Å². The first kappa shape index (κ1) is 10.8. The van der Waals surface area contributed by atoms with Gasteiger partial charge in [-0.05, 0) is 24.8 Å². The van der Waals surface area contributed by atoms with E-state index in [4.69, 9.17) is 15.7 Å². The van der Waals surface area contributed by atoms with Crippen LogP contribution in [0.5, 0.6) is 11.5 Å². The number of methoxy groups -OCH3 is 1. The van der Waals surface area contributed by atoms with Crippen molar-refractivity contribution in [1.82, 2.24) is 0 Å². The molecule has 0 saturated heterocycles. The van der Waals surface area contributed by atoms with Crippen molar-refractivity contribution in [1.29, 1.82) is 5.26 Å². The van der Waals surface area contributed by atoms with Crippen LogP contribution < -0.4 is 10.5 Å². The molecule has 0 radical (unpaired) electrons. The van der Waals surface area contributed by atoms with Crippen molar-refractivity contribution >= 4 is 0 Å². The van der Waals surface area contributed by atoms with Gasteiger partial charge in [0, 0.05) is 17.7 Å². The minimum Gasteiger partial charge on any atom is -0.504 e. The predicted molar refractivity (Wildman–Crippen MR) is 59.0 cm³/mol. The summed E-state index contributed by atoms with van der Waals surface area (Å²) in [6, 6.07) is 4.98. The Kier molecular flexibility index (Phi) is 2.71. The summed E-state index contributed by atoms with van der Waals surface area (Å²) >= 11 is 0. The number of benzene rings is 1.